The second-order valence-electron chi connectivity index (χ2n) is 5.19. The van der Waals surface area contributed by atoms with E-state index in [0.717, 1.165) is 23.6 Å². The molecule has 0 atom stereocenters. The van der Waals surface area contributed by atoms with Gasteiger partial charge in [-0.05, 0) is 40.0 Å². The molecule has 2 rings (SSSR count). The maximum Gasteiger partial charge on any atom is 0.222 e. The van der Waals surface area contributed by atoms with Crippen LogP contribution >= 0.6 is 0 Å². The minimum atomic E-state index is 0.000154. The molecule has 0 spiro atoms. The smallest absolute Gasteiger partial charge is 0.222 e. The van der Waals surface area contributed by atoms with Crippen molar-refractivity contribution in [2.45, 2.75) is 26.3 Å². The largest absolute Gasteiger partial charge is 0.461 e. The monoisotopic (exact) mass is 260 g/mol. The van der Waals surface area contributed by atoms with Gasteiger partial charge in [0.2, 0.25) is 5.95 Å². The van der Waals surface area contributed by atoms with E-state index in [1.807, 2.05) is 26.1 Å². The SMILES string of the molecule is CNC(C)(C)CNc1ncc(-c2ccc(C)o2)cn1. The Morgan fingerprint density at radius 2 is 1.89 bits per heavy atom. The fourth-order valence-electron chi connectivity index (χ4n) is 1.52. The summed E-state index contributed by atoms with van der Waals surface area (Å²) in [5.74, 6) is 2.29. The quantitative estimate of drug-likeness (QED) is 0.864. The van der Waals surface area contributed by atoms with Gasteiger partial charge in [-0.3, -0.25) is 0 Å². The number of nitrogens with one attached hydrogen (secondary N) is 2. The molecule has 2 N–H and O–H groups in total. The first kappa shape index (κ1) is 13.5. The maximum absolute atomic E-state index is 5.53. The molecule has 102 valence electrons. The highest BCUT2D eigenvalue weighted by molar-refractivity contribution is 5.55. The number of rotatable bonds is 5. The molecule has 0 radical (unpaired) electrons. The van der Waals surface area contributed by atoms with Gasteiger partial charge in [0.05, 0.1) is 5.56 Å². The first-order valence-corrected chi connectivity index (χ1v) is 6.32. The standard InChI is InChI=1S/C14H20N4O/c1-10-5-6-12(19-10)11-7-16-13(17-8-11)18-9-14(2,3)15-4/h5-8,15H,9H2,1-4H3,(H,16,17,18). The normalized spacial score (nSPS) is 11.6. The summed E-state index contributed by atoms with van der Waals surface area (Å²) in [4.78, 5) is 8.58. The van der Waals surface area contributed by atoms with Gasteiger partial charge in [0.25, 0.3) is 0 Å². The highest BCUT2D eigenvalue weighted by Gasteiger charge is 2.14. The fraction of sp³-hybridized carbons (Fsp3) is 0.429. The Hall–Kier alpha value is -1.88. The van der Waals surface area contributed by atoms with Crippen LogP contribution < -0.4 is 10.6 Å². The van der Waals surface area contributed by atoms with Crippen LogP contribution in [0.5, 0.6) is 0 Å². The van der Waals surface area contributed by atoms with Gasteiger partial charge < -0.3 is 15.1 Å². The number of likely N-dealkylation sites (N-methyl/N-ethyl adjacent to an activating group) is 1. The van der Waals surface area contributed by atoms with Crippen LogP contribution in [0, 0.1) is 6.92 Å². The molecule has 2 aromatic heterocycles. The second kappa shape index (κ2) is 5.40. The molecule has 0 aliphatic rings. The molecule has 5 nitrogen and oxygen atoms in total. The highest BCUT2D eigenvalue weighted by atomic mass is 16.3. The van der Waals surface area contributed by atoms with Crippen LogP contribution in [0.25, 0.3) is 11.3 Å². The molecule has 2 heterocycles. The van der Waals surface area contributed by atoms with Crippen LogP contribution in [0.1, 0.15) is 19.6 Å². The molecule has 0 saturated heterocycles. The van der Waals surface area contributed by atoms with Gasteiger partial charge in [0.15, 0.2) is 0 Å². The molecule has 19 heavy (non-hydrogen) atoms. The molecule has 0 aliphatic carbocycles. The van der Waals surface area contributed by atoms with Gasteiger partial charge in [0, 0.05) is 24.5 Å². The zero-order valence-corrected chi connectivity index (χ0v) is 11.8. The Morgan fingerprint density at radius 3 is 2.42 bits per heavy atom. The molecule has 0 aliphatic heterocycles. The fourth-order valence-corrected chi connectivity index (χ4v) is 1.52. The summed E-state index contributed by atoms with van der Waals surface area (Å²) in [7, 11) is 1.94. The van der Waals surface area contributed by atoms with Crippen molar-refractivity contribution in [1.82, 2.24) is 15.3 Å². The molecular formula is C14H20N4O. The number of furan rings is 1. The lowest BCUT2D eigenvalue weighted by molar-refractivity contribution is 0.447. The molecule has 0 unspecified atom stereocenters. The summed E-state index contributed by atoms with van der Waals surface area (Å²) in [6.07, 6.45) is 3.53. The summed E-state index contributed by atoms with van der Waals surface area (Å²) >= 11 is 0. The number of hydrogen-bond acceptors (Lipinski definition) is 5. The zero-order valence-electron chi connectivity index (χ0n) is 11.8. The lowest BCUT2D eigenvalue weighted by Crippen LogP contribution is -2.43. The van der Waals surface area contributed by atoms with E-state index in [1.54, 1.807) is 12.4 Å². The molecule has 0 bridgehead atoms. The predicted molar refractivity (Wildman–Crippen MR) is 76.1 cm³/mol. The minimum Gasteiger partial charge on any atom is -0.461 e. The summed E-state index contributed by atoms with van der Waals surface area (Å²) in [5.41, 5.74) is 0.881. The number of anilines is 1. The van der Waals surface area contributed by atoms with Crippen LogP contribution in [0.4, 0.5) is 5.95 Å². The van der Waals surface area contributed by atoms with Crippen molar-refractivity contribution >= 4 is 5.95 Å². The van der Waals surface area contributed by atoms with Crippen LogP contribution in [0.2, 0.25) is 0 Å². The summed E-state index contributed by atoms with van der Waals surface area (Å²) in [5, 5.41) is 6.42. The van der Waals surface area contributed by atoms with Crippen molar-refractivity contribution in [2.24, 2.45) is 0 Å². The van der Waals surface area contributed by atoms with E-state index in [4.69, 9.17) is 4.42 Å². The zero-order chi connectivity index (χ0) is 13.9. The van der Waals surface area contributed by atoms with Crippen molar-refractivity contribution in [1.29, 1.82) is 0 Å². The Kier molecular flexibility index (Phi) is 3.85. The number of hydrogen-bond donors (Lipinski definition) is 2. The van der Waals surface area contributed by atoms with Crippen molar-refractivity contribution in [2.75, 3.05) is 18.9 Å². The number of aromatic nitrogens is 2. The maximum atomic E-state index is 5.53. The third kappa shape index (κ3) is 3.54. The van der Waals surface area contributed by atoms with Crippen LogP contribution in [-0.4, -0.2) is 29.1 Å². The summed E-state index contributed by atoms with van der Waals surface area (Å²) in [6.45, 7) is 6.89. The molecular weight excluding hydrogens is 240 g/mol. The van der Waals surface area contributed by atoms with E-state index >= 15 is 0 Å². The average Bonchev–Trinajstić information content (AvgIpc) is 2.84. The summed E-state index contributed by atoms with van der Waals surface area (Å²) in [6, 6.07) is 3.85. The molecule has 0 fully saturated rings. The van der Waals surface area contributed by atoms with E-state index in [0.29, 0.717) is 5.95 Å². The number of nitrogens with zero attached hydrogens (tertiary/aromatic N) is 2. The van der Waals surface area contributed by atoms with E-state index in [1.165, 1.54) is 0 Å². The molecule has 2 aromatic rings. The van der Waals surface area contributed by atoms with Crippen LogP contribution in [-0.2, 0) is 0 Å². The Bertz CT molecular complexity index is 531. The van der Waals surface area contributed by atoms with E-state index in [2.05, 4.69) is 34.4 Å². The third-order valence-corrected chi connectivity index (χ3v) is 3.04. The van der Waals surface area contributed by atoms with Gasteiger partial charge in [-0.2, -0.15) is 0 Å². The topological polar surface area (TPSA) is 63.0 Å². The Morgan fingerprint density at radius 1 is 1.21 bits per heavy atom. The van der Waals surface area contributed by atoms with Crippen LogP contribution in [0.15, 0.2) is 28.9 Å². The number of aryl methyl sites for hydroxylation is 1. The second-order valence-corrected chi connectivity index (χ2v) is 5.19. The van der Waals surface area contributed by atoms with Crippen LogP contribution in [0.3, 0.4) is 0 Å². The van der Waals surface area contributed by atoms with Crippen molar-refractivity contribution < 1.29 is 4.42 Å². The van der Waals surface area contributed by atoms with Crippen molar-refractivity contribution in [3.63, 3.8) is 0 Å². The molecule has 0 saturated carbocycles. The first-order chi connectivity index (χ1) is 9.00. The van der Waals surface area contributed by atoms with E-state index in [9.17, 15) is 0 Å². The first-order valence-electron chi connectivity index (χ1n) is 6.32. The van der Waals surface area contributed by atoms with Gasteiger partial charge in [-0.15, -0.1) is 0 Å². The lowest BCUT2D eigenvalue weighted by atomic mass is 10.1. The minimum absolute atomic E-state index is 0.000154. The van der Waals surface area contributed by atoms with Gasteiger partial charge in [-0.1, -0.05) is 0 Å². The molecule has 0 amide bonds. The molecule has 5 heteroatoms. The van der Waals surface area contributed by atoms with E-state index < -0.39 is 0 Å². The average molecular weight is 260 g/mol. The third-order valence-electron chi connectivity index (χ3n) is 3.04. The molecule has 0 aromatic carbocycles. The summed E-state index contributed by atoms with van der Waals surface area (Å²) < 4.78 is 5.53. The Labute approximate surface area is 113 Å². The predicted octanol–water partition coefficient (Wildman–Crippen LogP) is 2.45. The lowest BCUT2D eigenvalue weighted by Gasteiger charge is -2.24. The van der Waals surface area contributed by atoms with Crippen molar-refractivity contribution in [3.8, 4) is 11.3 Å². The van der Waals surface area contributed by atoms with Gasteiger partial charge in [0.1, 0.15) is 11.5 Å². The Balaban J connectivity index is 2.03. The van der Waals surface area contributed by atoms with Crippen molar-refractivity contribution in [3.05, 3.63) is 30.3 Å². The van der Waals surface area contributed by atoms with E-state index in [-0.39, 0.29) is 5.54 Å². The van der Waals surface area contributed by atoms with Gasteiger partial charge >= 0.3 is 0 Å². The van der Waals surface area contributed by atoms with Gasteiger partial charge in [-0.25, -0.2) is 9.97 Å². The highest BCUT2D eigenvalue weighted by Crippen LogP contribution is 2.20.